The average molecular weight is 263 g/mol. The molecular formula is C11H12F3NO3. The second-order valence-electron chi connectivity index (χ2n) is 3.61. The lowest BCUT2D eigenvalue weighted by Gasteiger charge is -2.08. The molecule has 0 atom stereocenters. The number of carboxylic acids is 1. The van der Waals surface area contributed by atoms with E-state index in [1.165, 1.54) is 0 Å². The van der Waals surface area contributed by atoms with Crippen LogP contribution in [-0.4, -0.2) is 23.9 Å². The number of carbonyl (C=O) groups is 1. The number of aliphatic carboxylic acids is 1. The van der Waals surface area contributed by atoms with Crippen LogP contribution in [-0.2, 0) is 22.6 Å². The summed E-state index contributed by atoms with van der Waals surface area (Å²) in [6.07, 6.45) is -4.45. The number of rotatable bonds is 6. The molecule has 0 bridgehead atoms. The quantitative estimate of drug-likeness (QED) is 0.608. The molecule has 0 saturated heterocycles. The van der Waals surface area contributed by atoms with E-state index in [9.17, 15) is 18.0 Å². The van der Waals surface area contributed by atoms with Gasteiger partial charge in [0.25, 0.3) is 0 Å². The first-order chi connectivity index (χ1) is 8.37. The van der Waals surface area contributed by atoms with Gasteiger partial charge in [-0.2, -0.15) is 18.7 Å². The van der Waals surface area contributed by atoms with E-state index in [4.69, 9.17) is 5.11 Å². The van der Waals surface area contributed by atoms with Gasteiger partial charge < -0.3 is 5.11 Å². The van der Waals surface area contributed by atoms with Gasteiger partial charge in [0.05, 0.1) is 6.42 Å². The molecule has 0 radical (unpaired) electrons. The van der Waals surface area contributed by atoms with E-state index in [0.717, 1.165) is 0 Å². The van der Waals surface area contributed by atoms with Crippen molar-refractivity contribution in [2.45, 2.75) is 19.1 Å². The molecule has 0 fully saturated rings. The van der Waals surface area contributed by atoms with Crippen molar-refractivity contribution in [2.24, 2.45) is 0 Å². The highest BCUT2D eigenvalue weighted by atomic mass is 19.4. The van der Waals surface area contributed by atoms with Gasteiger partial charge in [-0.15, -0.1) is 0 Å². The molecule has 1 rings (SSSR count). The summed E-state index contributed by atoms with van der Waals surface area (Å²) in [5.74, 6) is -0.936. The van der Waals surface area contributed by atoms with Crippen LogP contribution in [0.15, 0.2) is 24.3 Å². The molecular weight excluding hydrogens is 251 g/mol. The zero-order chi connectivity index (χ0) is 13.6. The Kier molecular flexibility index (Phi) is 5.11. The third kappa shape index (κ3) is 6.21. The normalized spacial score (nSPS) is 11.5. The molecule has 0 unspecified atom stereocenters. The Balaban J connectivity index is 2.33. The van der Waals surface area contributed by atoms with E-state index in [2.05, 4.69) is 10.3 Å². The summed E-state index contributed by atoms with van der Waals surface area (Å²) in [5.41, 5.74) is 3.51. The minimum absolute atomic E-state index is 0.0850. The minimum atomic E-state index is -4.36. The fourth-order valence-electron chi connectivity index (χ4n) is 1.22. The van der Waals surface area contributed by atoms with Crippen LogP contribution in [0, 0.1) is 0 Å². The van der Waals surface area contributed by atoms with Crippen LogP contribution < -0.4 is 5.48 Å². The standard InChI is InChI=1S/C11H12F3NO3/c12-11(13,14)7-18-15-6-9-3-1-8(2-4-9)5-10(16)17/h1-4,15H,5-7H2,(H,16,17). The van der Waals surface area contributed by atoms with Gasteiger partial charge in [0.2, 0.25) is 0 Å². The van der Waals surface area contributed by atoms with Gasteiger partial charge in [0.1, 0.15) is 0 Å². The average Bonchev–Trinajstić information content (AvgIpc) is 2.24. The molecule has 0 saturated carbocycles. The summed E-state index contributed by atoms with van der Waals surface area (Å²) in [6, 6.07) is 6.47. The van der Waals surface area contributed by atoms with Crippen molar-refractivity contribution in [3.8, 4) is 0 Å². The maximum Gasteiger partial charge on any atom is 0.413 e. The van der Waals surface area contributed by atoms with E-state index >= 15 is 0 Å². The van der Waals surface area contributed by atoms with Gasteiger partial charge in [-0.3, -0.25) is 9.63 Å². The van der Waals surface area contributed by atoms with E-state index in [1.54, 1.807) is 24.3 Å². The lowest BCUT2D eigenvalue weighted by molar-refractivity contribution is -0.190. The van der Waals surface area contributed by atoms with Crippen molar-refractivity contribution in [1.29, 1.82) is 0 Å². The molecule has 0 heterocycles. The van der Waals surface area contributed by atoms with E-state index in [0.29, 0.717) is 11.1 Å². The number of benzene rings is 1. The van der Waals surface area contributed by atoms with Gasteiger partial charge in [-0.05, 0) is 11.1 Å². The predicted molar refractivity (Wildman–Crippen MR) is 56.6 cm³/mol. The smallest absolute Gasteiger partial charge is 0.413 e. The lowest BCUT2D eigenvalue weighted by Crippen LogP contribution is -2.24. The summed E-state index contributed by atoms with van der Waals surface area (Å²) in [4.78, 5) is 14.6. The summed E-state index contributed by atoms with van der Waals surface area (Å²) < 4.78 is 35.2. The molecule has 0 amide bonds. The topological polar surface area (TPSA) is 58.6 Å². The van der Waals surface area contributed by atoms with Crippen molar-refractivity contribution in [1.82, 2.24) is 5.48 Å². The molecule has 7 heteroatoms. The number of halogens is 3. The third-order valence-electron chi connectivity index (χ3n) is 1.99. The largest absolute Gasteiger partial charge is 0.481 e. The van der Waals surface area contributed by atoms with Crippen LogP contribution in [0.3, 0.4) is 0 Å². The Morgan fingerprint density at radius 2 is 1.78 bits per heavy atom. The lowest BCUT2D eigenvalue weighted by atomic mass is 10.1. The minimum Gasteiger partial charge on any atom is -0.481 e. The highest BCUT2D eigenvalue weighted by molar-refractivity contribution is 5.70. The number of hydroxylamine groups is 1. The maximum absolute atomic E-state index is 11.7. The van der Waals surface area contributed by atoms with E-state index < -0.39 is 18.8 Å². The van der Waals surface area contributed by atoms with Crippen LogP contribution in [0.25, 0.3) is 0 Å². The van der Waals surface area contributed by atoms with Crippen LogP contribution >= 0.6 is 0 Å². The Hall–Kier alpha value is -1.60. The zero-order valence-corrected chi connectivity index (χ0v) is 9.33. The van der Waals surface area contributed by atoms with Gasteiger partial charge in [-0.25, -0.2) is 0 Å². The number of carboxylic acid groups (broad SMARTS) is 1. The third-order valence-corrected chi connectivity index (χ3v) is 1.99. The molecule has 4 nitrogen and oxygen atoms in total. The second-order valence-corrected chi connectivity index (χ2v) is 3.61. The summed E-state index contributed by atoms with van der Waals surface area (Å²) in [5, 5.41) is 8.55. The van der Waals surface area contributed by atoms with E-state index in [-0.39, 0.29) is 13.0 Å². The van der Waals surface area contributed by atoms with Crippen molar-refractivity contribution < 1.29 is 27.9 Å². The SMILES string of the molecule is O=C(O)Cc1ccc(CNOCC(F)(F)F)cc1. The predicted octanol–water partition coefficient (Wildman–Crippen LogP) is 1.90. The first-order valence-corrected chi connectivity index (χ1v) is 5.08. The maximum atomic E-state index is 11.7. The molecule has 18 heavy (non-hydrogen) atoms. The Morgan fingerprint density at radius 3 is 2.28 bits per heavy atom. The van der Waals surface area contributed by atoms with Crippen LogP contribution in [0.1, 0.15) is 11.1 Å². The molecule has 100 valence electrons. The number of hydrogen-bond acceptors (Lipinski definition) is 3. The molecule has 2 N–H and O–H groups in total. The zero-order valence-electron chi connectivity index (χ0n) is 9.33. The van der Waals surface area contributed by atoms with Crippen LogP contribution in [0.4, 0.5) is 13.2 Å². The Bertz CT molecular complexity index is 390. The first kappa shape index (κ1) is 14.5. The second kappa shape index (κ2) is 6.36. The van der Waals surface area contributed by atoms with Crippen LogP contribution in [0.5, 0.6) is 0 Å². The fraction of sp³-hybridized carbons (Fsp3) is 0.364. The monoisotopic (exact) mass is 263 g/mol. The number of hydrogen-bond donors (Lipinski definition) is 2. The van der Waals surface area contributed by atoms with Crippen molar-refractivity contribution in [2.75, 3.05) is 6.61 Å². The van der Waals surface area contributed by atoms with Crippen molar-refractivity contribution >= 4 is 5.97 Å². The molecule has 0 aliphatic rings. The summed E-state index contributed by atoms with van der Waals surface area (Å²) >= 11 is 0. The molecule has 0 aliphatic carbocycles. The highest BCUT2D eigenvalue weighted by Gasteiger charge is 2.27. The van der Waals surface area contributed by atoms with Crippen molar-refractivity contribution in [3.63, 3.8) is 0 Å². The molecule has 1 aromatic carbocycles. The molecule has 0 spiro atoms. The van der Waals surface area contributed by atoms with Gasteiger partial charge in [0, 0.05) is 6.54 Å². The number of alkyl halides is 3. The van der Waals surface area contributed by atoms with Crippen LogP contribution in [0.2, 0.25) is 0 Å². The molecule has 0 aliphatic heterocycles. The summed E-state index contributed by atoms with van der Waals surface area (Å²) in [7, 11) is 0. The van der Waals surface area contributed by atoms with Crippen molar-refractivity contribution in [3.05, 3.63) is 35.4 Å². The molecule has 0 aromatic heterocycles. The van der Waals surface area contributed by atoms with Gasteiger partial charge >= 0.3 is 12.1 Å². The Labute approximate surface area is 101 Å². The fourth-order valence-corrected chi connectivity index (χ4v) is 1.22. The summed E-state index contributed by atoms with van der Waals surface area (Å²) in [6.45, 7) is -1.24. The highest BCUT2D eigenvalue weighted by Crippen LogP contribution is 2.13. The number of nitrogens with one attached hydrogen (secondary N) is 1. The van der Waals surface area contributed by atoms with E-state index in [1.807, 2.05) is 0 Å². The van der Waals surface area contributed by atoms with Gasteiger partial charge in [-0.1, -0.05) is 24.3 Å². The molecule has 1 aromatic rings. The van der Waals surface area contributed by atoms with Gasteiger partial charge in [0.15, 0.2) is 6.61 Å². The first-order valence-electron chi connectivity index (χ1n) is 5.08. The Morgan fingerprint density at radius 1 is 1.22 bits per heavy atom.